The van der Waals surface area contributed by atoms with Crippen molar-refractivity contribution in [1.82, 2.24) is 5.32 Å². The molecule has 1 aliphatic rings. The number of carboxylic acid groups (broad SMARTS) is 1. The molecule has 1 aromatic carbocycles. The van der Waals surface area contributed by atoms with E-state index in [1.165, 1.54) is 0 Å². The molecule has 1 atom stereocenters. The Morgan fingerprint density at radius 2 is 2.25 bits per heavy atom. The zero-order chi connectivity index (χ0) is 11.6. The van der Waals surface area contributed by atoms with E-state index in [1.807, 2.05) is 6.07 Å². The highest BCUT2D eigenvalue weighted by atomic mass is 16.5. The van der Waals surface area contributed by atoms with Gasteiger partial charge in [0.1, 0.15) is 5.75 Å². The molecule has 0 aromatic heterocycles. The quantitative estimate of drug-likeness (QED) is 0.696. The predicted molar refractivity (Wildman–Crippen MR) is 56.5 cm³/mol. The minimum atomic E-state index is -1.15. The molecule has 1 aliphatic heterocycles. The molecule has 0 bridgehead atoms. The van der Waals surface area contributed by atoms with Crippen molar-refractivity contribution in [2.24, 2.45) is 0 Å². The summed E-state index contributed by atoms with van der Waals surface area (Å²) in [5.74, 6) is 0.622. The summed E-state index contributed by atoms with van der Waals surface area (Å²) >= 11 is 0. The first kappa shape index (κ1) is 10.8. The van der Waals surface area contributed by atoms with Crippen molar-refractivity contribution >= 4 is 6.09 Å². The average Bonchev–Trinajstić information content (AvgIpc) is 2.29. The molecule has 16 heavy (non-hydrogen) atoms. The average molecular weight is 223 g/mol. The molecule has 3 N–H and O–H groups in total. The number of ether oxygens (including phenoxy) is 1. The number of aliphatic hydroxyl groups is 1. The van der Waals surface area contributed by atoms with Crippen LogP contribution in [0.5, 0.6) is 5.75 Å². The van der Waals surface area contributed by atoms with Crippen molar-refractivity contribution in [3.63, 3.8) is 0 Å². The molecule has 5 nitrogen and oxygen atoms in total. The van der Waals surface area contributed by atoms with Gasteiger partial charge in [-0.05, 0) is 6.07 Å². The third-order valence-corrected chi connectivity index (χ3v) is 2.81. The number of aliphatic hydroxyl groups excluding tert-OH is 1. The van der Waals surface area contributed by atoms with Crippen molar-refractivity contribution in [3.8, 4) is 5.75 Å². The molecule has 1 unspecified atom stereocenters. The van der Waals surface area contributed by atoms with Gasteiger partial charge in [0.05, 0.1) is 18.8 Å². The summed E-state index contributed by atoms with van der Waals surface area (Å²) in [6.45, 7) is 0.109. The first-order chi connectivity index (χ1) is 7.68. The third-order valence-electron chi connectivity index (χ3n) is 2.81. The fourth-order valence-corrected chi connectivity index (χ4v) is 2.00. The Hall–Kier alpha value is -1.75. The van der Waals surface area contributed by atoms with E-state index in [0.717, 1.165) is 0 Å². The lowest BCUT2D eigenvalue weighted by Gasteiger charge is -2.37. The molecular formula is C11H13NO4. The van der Waals surface area contributed by atoms with Crippen molar-refractivity contribution in [1.29, 1.82) is 0 Å². The molecule has 5 heteroatoms. The van der Waals surface area contributed by atoms with E-state index in [1.54, 1.807) is 18.2 Å². The molecular weight excluding hydrogens is 210 g/mol. The fourth-order valence-electron chi connectivity index (χ4n) is 2.00. The van der Waals surface area contributed by atoms with Crippen LogP contribution in [-0.2, 0) is 5.54 Å². The Bertz CT molecular complexity index is 407. The largest absolute Gasteiger partial charge is 0.493 e. The molecule has 1 amide bonds. The standard InChI is InChI=1S/C11H13NO4/c13-7-11(12-10(14)15)5-6-16-9-4-2-1-3-8(9)11/h1-4,12-13H,5-7H2,(H,14,15). The highest BCUT2D eigenvalue weighted by Crippen LogP contribution is 2.36. The number of nitrogens with one attached hydrogen (secondary N) is 1. The van der Waals surface area contributed by atoms with Crippen LogP contribution in [0, 0.1) is 0 Å². The number of hydrogen-bond acceptors (Lipinski definition) is 3. The molecule has 0 aliphatic carbocycles. The highest BCUT2D eigenvalue weighted by molar-refractivity contribution is 5.67. The Balaban J connectivity index is 2.44. The van der Waals surface area contributed by atoms with E-state index in [2.05, 4.69) is 5.32 Å². The number of benzene rings is 1. The lowest BCUT2D eigenvalue weighted by Crippen LogP contribution is -2.51. The van der Waals surface area contributed by atoms with E-state index in [-0.39, 0.29) is 6.61 Å². The van der Waals surface area contributed by atoms with Crippen LogP contribution in [-0.4, -0.2) is 29.5 Å². The van der Waals surface area contributed by atoms with Crippen LogP contribution < -0.4 is 10.1 Å². The second-order valence-electron chi connectivity index (χ2n) is 3.76. The van der Waals surface area contributed by atoms with Gasteiger partial charge >= 0.3 is 6.09 Å². The molecule has 1 aromatic rings. The summed E-state index contributed by atoms with van der Waals surface area (Å²) in [5.41, 5.74) is -0.258. The Morgan fingerprint density at radius 1 is 1.50 bits per heavy atom. The zero-order valence-corrected chi connectivity index (χ0v) is 8.64. The normalized spacial score (nSPS) is 23.1. The molecule has 86 valence electrons. The monoisotopic (exact) mass is 223 g/mol. The van der Waals surface area contributed by atoms with Gasteiger partial charge in [-0.3, -0.25) is 0 Å². The molecule has 2 rings (SSSR count). The number of rotatable bonds is 2. The predicted octanol–water partition coefficient (Wildman–Crippen LogP) is 0.924. The smallest absolute Gasteiger partial charge is 0.405 e. The summed E-state index contributed by atoms with van der Waals surface area (Å²) < 4.78 is 5.42. The summed E-state index contributed by atoms with van der Waals surface area (Å²) in [6, 6.07) is 7.14. The Kier molecular flexibility index (Phi) is 2.70. The number of amides is 1. The number of fused-ring (bicyclic) bond motifs is 1. The lowest BCUT2D eigenvalue weighted by atomic mass is 9.85. The van der Waals surface area contributed by atoms with Gasteiger partial charge < -0.3 is 20.3 Å². The van der Waals surface area contributed by atoms with Crippen molar-refractivity contribution < 1.29 is 19.7 Å². The minimum Gasteiger partial charge on any atom is -0.493 e. The first-order valence-corrected chi connectivity index (χ1v) is 5.02. The number of para-hydroxylation sites is 1. The fraction of sp³-hybridized carbons (Fsp3) is 0.364. The maximum absolute atomic E-state index is 10.8. The zero-order valence-electron chi connectivity index (χ0n) is 8.64. The summed E-state index contributed by atoms with van der Waals surface area (Å²) in [7, 11) is 0. The van der Waals surface area contributed by atoms with Crippen LogP contribution >= 0.6 is 0 Å². The Labute approximate surface area is 92.7 Å². The molecule has 0 spiro atoms. The van der Waals surface area contributed by atoms with Crippen molar-refractivity contribution in [3.05, 3.63) is 29.8 Å². The maximum atomic E-state index is 10.8. The van der Waals surface area contributed by atoms with E-state index in [4.69, 9.17) is 9.84 Å². The van der Waals surface area contributed by atoms with Crippen LogP contribution in [0.4, 0.5) is 4.79 Å². The number of carbonyl (C=O) groups is 1. The summed E-state index contributed by atoms with van der Waals surface area (Å²) in [5, 5.41) is 20.7. The van der Waals surface area contributed by atoms with Gasteiger partial charge in [0.2, 0.25) is 0 Å². The first-order valence-electron chi connectivity index (χ1n) is 5.02. The van der Waals surface area contributed by atoms with Gasteiger partial charge in [-0.25, -0.2) is 4.79 Å². The van der Waals surface area contributed by atoms with Crippen molar-refractivity contribution in [2.75, 3.05) is 13.2 Å². The van der Waals surface area contributed by atoms with Gasteiger partial charge in [0.15, 0.2) is 0 Å². The molecule has 0 fully saturated rings. The molecule has 0 saturated heterocycles. The van der Waals surface area contributed by atoms with Gasteiger partial charge in [-0.1, -0.05) is 18.2 Å². The molecule has 0 saturated carbocycles. The van der Waals surface area contributed by atoms with Crippen LogP contribution in [0.15, 0.2) is 24.3 Å². The van der Waals surface area contributed by atoms with Gasteiger partial charge in [-0.15, -0.1) is 0 Å². The second-order valence-corrected chi connectivity index (χ2v) is 3.76. The van der Waals surface area contributed by atoms with E-state index >= 15 is 0 Å². The lowest BCUT2D eigenvalue weighted by molar-refractivity contribution is 0.100. The summed E-state index contributed by atoms with van der Waals surface area (Å²) in [6.07, 6.45) is -0.724. The molecule has 1 heterocycles. The minimum absolute atomic E-state index is 0.278. The van der Waals surface area contributed by atoms with Crippen LogP contribution in [0.25, 0.3) is 0 Å². The van der Waals surface area contributed by atoms with Gasteiger partial charge in [0, 0.05) is 12.0 Å². The van der Waals surface area contributed by atoms with Crippen LogP contribution in [0.2, 0.25) is 0 Å². The van der Waals surface area contributed by atoms with Gasteiger partial charge in [-0.2, -0.15) is 0 Å². The van der Waals surface area contributed by atoms with Gasteiger partial charge in [0.25, 0.3) is 0 Å². The van der Waals surface area contributed by atoms with E-state index < -0.39 is 11.6 Å². The van der Waals surface area contributed by atoms with E-state index in [9.17, 15) is 9.90 Å². The van der Waals surface area contributed by atoms with Crippen molar-refractivity contribution in [2.45, 2.75) is 12.0 Å². The summed E-state index contributed by atoms with van der Waals surface area (Å²) in [4.78, 5) is 10.8. The highest BCUT2D eigenvalue weighted by Gasteiger charge is 2.38. The topological polar surface area (TPSA) is 78.8 Å². The molecule has 0 radical (unpaired) electrons. The van der Waals surface area contributed by atoms with Crippen LogP contribution in [0.3, 0.4) is 0 Å². The Morgan fingerprint density at radius 3 is 2.94 bits per heavy atom. The van der Waals surface area contributed by atoms with E-state index in [0.29, 0.717) is 24.3 Å². The second kappa shape index (κ2) is 4.02. The SMILES string of the molecule is O=C(O)NC1(CO)CCOc2ccccc21. The third kappa shape index (κ3) is 1.69. The maximum Gasteiger partial charge on any atom is 0.405 e. The number of hydrogen-bond donors (Lipinski definition) is 3. The van der Waals surface area contributed by atoms with Crippen LogP contribution in [0.1, 0.15) is 12.0 Å².